The molecule has 0 aromatic heterocycles. The monoisotopic (exact) mass is 339 g/mol. The average Bonchev–Trinajstić information content (AvgIpc) is 2.66. The molecule has 2 aromatic rings. The fourth-order valence-corrected chi connectivity index (χ4v) is 2.63. The van der Waals surface area contributed by atoms with Gasteiger partial charge in [0.25, 0.3) is 0 Å². The fourth-order valence-electron chi connectivity index (χ4n) is 2.63. The van der Waals surface area contributed by atoms with Gasteiger partial charge in [0, 0.05) is 25.2 Å². The van der Waals surface area contributed by atoms with Crippen molar-refractivity contribution < 1.29 is 19.0 Å². The molecule has 0 atom stereocenters. The summed E-state index contributed by atoms with van der Waals surface area (Å²) in [5, 5.41) is 0. The van der Waals surface area contributed by atoms with E-state index in [1.54, 1.807) is 31.2 Å². The van der Waals surface area contributed by atoms with E-state index in [-0.39, 0.29) is 5.91 Å². The minimum atomic E-state index is -0.0826. The molecule has 130 valence electrons. The zero-order valence-electron chi connectivity index (χ0n) is 14.4. The van der Waals surface area contributed by atoms with Crippen molar-refractivity contribution in [2.24, 2.45) is 0 Å². The number of fused-ring (bicyclic) bond motifs is 1. The van der Waals surface area contributed by atoms with Crippen LogP contribution in [0.25, 0.3) is 6.08 Å². The van der Waals surface area contributed by atoms with Crippen LogP contribution in [0.15, 0.2) is 48.5 Å². The van der Waals surface area contributed by atoms with Gasteiger partial charge in [0.1, 0.15) is 19.0 Å². The van der Waals surface area contributed by atoms with E-state index >= 15 is 0 Å². The molecule has 0 bridgehead atoms. The number of methoxy groups -OCH3 is 1. The van der Waals surface area contributed by atoms with Gasteiger partial charge in [0.2, 0.25) is 5.91 Å². The molecule has 0 unspecified atom stereocenters. The molecule has 0 radical (unpaired) electrons. The maximum atomic E-state index is 12.4. The highest BCUT2D eigenvalue weighted by atomic mass is 16.6. The van der Waals surface area contributed by atoms with Crippen molar-refractivity contribution in [2.75, 3.05) is 27.4 Å². The number of carbonyl (C=O) groups excluding carboxylic acids is 1. The van der Waals surface area contributed by atoms with Crippen molar-refractivity contribution >= 4 is 12.0 Å². The summed E-state index contributed by atoms with van der Waals surface area (Å²) in [5.74, 6) is 2.14. The minimum absolute atomic E-state index is 0.0826. The molecular formula is C20H21NO4. The first-order chi connectivity index (χ1) is 12.2. The molecule has 2 aromatic carbocycles. The largest absolute Gasteiger partial charge is 0.496 e. The number of nitrogens with zero attached hydrogens (tertiary/aromatic N) is 1. The van der Waals surface area contributed by atoms with Gasteiger partial charge in [-0.3, -0.25) is 4.79 Å². The van der Waals surface area contributed by atoms with E-state index in [0.717, 1.165) is 28.4 Å². The number of likely N-dealkylation sites (N-methyl/N-ethyl adjacent to an activating group) is 1. The smallest absolute Gasteiger partial charge is 0.246 e. The normalized spacial score (nSPS) is 12.9. The Hall–Kier alpha value is -2.95. The van der Waals surface area contributed by atoms with Crippen LogP contribution in [-0.2, 0) is 11.3 Å². The van der Waals surface area contributed by atoms with Gasteiger partial charge >= 0.3 is 0 Å². The molecule has 0 fully saturated rings. The zero-order chi connectivity index (χ0) is 17.6. The third-order valence-corrected chi connectivity index (χ3v) is 3.95. The van der Waals surface area contributed by atoms with Crippen LogP contribution in [0.1, 0.15) is 11.1 Å². The third-order valence-electron chi connectivity index (χ3n) is 3.95. The Morgan fingerprint density at radius 3 is 2.72 bits per heavy atom. The molecule has 1 aliphatic heterocycles. The number of rotatable bonds is 5. The molecule has 5 nitrogen and oxygen atoms in total. The highest BCUT2D eigenvalue weighted by Gasteiger charge is 2.13. The summed E-state index contributed by atoms with van der Waals surface area (Å²) in [4.78, 5) is 14.0. The van der Waals surface area contributed by atoms with Crippen LogP contribution in [0.5, 0.6) is 17.2 Å². The van der Waals surface area contributed by atoms with Gasteiger partial charge in [0.15, 0.2) is 11.5 Å². The predicted octanol–water partition coefficient (Wildman–Crippen LogP) is 3.14. The Labute approximate surface area is 147 Å². The van der Waals surface area contributed by atoms with Crippen molar-refractivity contribution in [3.63, 3.8) is 0 Å². The highest BCUT2D eigenvalue weighted by Crippen LogP contribution is 2.31. The lowest BCUT2D eigenvalue weighted by atomic mass is 10.1. The number of hydrogen-bond donors (Lipinski definition) is 0. The molecule has 25 heavy (non-hydrogen) atoms. The van der Waals surface area contributed by atoms with E-state index in [4.69, 9.17) is 14.2 Å². The number of ether oxygens (including phenoxy) is 3. The average molecular weight is 339 g/mol. The van der Waals surface area contributed by atoms with Crippen molar-refractivity contribution in [2.45, 2.75) is 6.54 Å². The summed E-state index contributed by atoms with van der Waals surface area (Å²) in [6.07, 6.45) is 3.32. The second kappa shape index (κ2) is 7.75. The van der Waals surface area contributed by atoms with Crippen molar-refractivity contribution in [1.29, 1.82) is 0 Å². The van der Waals surface area contributed by atoms with E-state index in [1.165, 1.54) is 0 Å². The Bertz CT molecular complexity index is 785. The van der Waals surface area contributed by atoms with E-state index in [1.807, 2.05) is 42.5 Å². The molecule has 0 aliphatic carbocycles. The first-order valence-corrected chi connectivity index (χ1v) is 8.12. The quantitative estimate of drug-likeness (QED) is 0.785. The van der Waals surface area contributed by atoms with Crippen molar-refractivity contribution in [3.05, 3.63) is 59.7 Å². The number of para-hydroxylation sites is 1. The van der Waals surface area contributed by atoms with E-state index in [0.29, 0.717) is 19.8 Å². The Morgan fingerprint density at radius 2 is 1.92 bits per heavy atom. The maximum Gasteiger partial charge on any atom is 0.246 e. The van der Waals surface area contributed by atoms with E-state index in [2.05, 4.69) is 0 Å². The van der Waals surface area contributed by atoms with E-state index < -0.39 is 0 Å². The summed E-state index contributed by atoms with van der Waals surface area (Å²) < 4.78 is 16.4. The second-order valence-corrected chi connectivity index (χ2v) is 5.75. The van der Waals surface area contributed by atoms with Crippen LogP contribution in [-0.4, -0.2) is 38.2 Å². The molecule has 5 heteroatoms. The van der Waals surface area contributed by atoms with Crippen LogP contribution >= 0.6 is 0 Å². The van der Waals surface area contributed by atoms with Crippen molar-refractivity contribution in [1.82, 2.24) is 4.90 Å². The third kappa shape index (κ3) is 4.12. The van der Waals surface area contributed by atoms with Gasteiger partial charge in [-0.05, 0) is 29.8 Å². The first-order valence-electron chi connectivity index (χ1n) is 8.12. The van der Waals surface area contributed by atoms with E-state index in [9.17, 15) is 4.79 Å². The fraction of sp³-hybridized carbons (Fsp3) is 0.250. The van der Waals surface area contributed by atoms with Gasteiger partial charge in [-0.2, -0.15) is 0 Å². The van der Waals surface area contributed by atoms with Gasteiger partial charge in [-0.15, -0.1) is 0 Å². The van der Waals surface area contributed by atoms with Gasteiger partial charge in [-0.1, -0.05) is 24.3 Å². The van der Waals surface area contributed by atoms with Crippen LogP contribution in [0.3, 0.4) is 0 Å². The lowest BCUT2D eigenvalue weighted by Gasteiger charge is -2.20. The highest BCUT2D eigenvalue weighted by molar-refractivity contribution is 5.92. The summed E-state index contributed by atoms with van der Waals surface area (Å²) in [6.45, 7) is 1.61. The molecule has 1 heterocycles. The van der Waals surface area contributed by atoms with Gasteiger partial charge in [0.05, 0.1) is 7.11 Å². The first kappa shape index (κ1) is 16.9. The Balaban J connectivity index is 1.65. The van der Waals surface area contributed by atoms with Gasteiger partial charge in [-0.25, -0.2) is 0 Å². The minimum Gasteiger partial charge on any atom is -0.496 e. The summed E-state index contributed by atoms with van der Waals surface area (Å²) in [7, 11) is 3.38. The lowest BCUT2D eigenvalue weighted by molar-refractivity contribution is -0.125. The maximum absolute atomic E-state index is 12.4. The van der Waals surface area contributed by atoms with Crippen LogP contribution < -0.4 is 14.2 Å². The molecule has 0 saturated carbocycles. The SMILES string of the molecule is COc1ccccc1/C=C/C(=O)N(C)Cc1ccc2c(c1)OCCO2. The standard InChI is InChI=1S/C20H21NO4/c1-21(14-15-7-9-18-19(13-15)25-12-11-24-18)20(22)10-8-16-5-3-4-6-17(16)23-2/h3-10,13H,11-12,14H2,1-2H3/b10-8+. The second-order valence-electron chi connectivity index (χ2n) is 5.75. The van der Waals surface area contributed by atoms with Crippen LogP contribution in [0, 0.1) is 0 Å². The van der Waals surface area contributed by atoms with Crippen LogP contribution in [0.4, 0.5) is 0 Å². The molecule has 0 N–H and O–H groups in total. The summed E-state index contributed by atoms with van der Waals surface area (Å²) >= 11 is 0. The van der Waals surface area contributed by atoms with Crippen LogP contribution in [0.2, 0.25) is 0 Å². The predicted molar refractivity (Wildman–Crippen MR) is 95.9 cm³/mol. The molecule has 0 saturated heterocycles. The number of carbonyl (C=O) groups is 1. The van der Waals surface area contributed by atoms with Crippen molar-refractivity contribution in [3.8, 4) is 17.2 Å². The lowest BCUT2D eigenvalue weighted by Crippen LogP contribution is -2.24. The number of amides is 1. The Morgan fingerprint density at radius 1 is 1.16 bits per heavy atom. The molecular weight excluding hydrogens is 318 g/mol. The Kier molecular flexibility index (Phi) is 5.23. The molecule has 1 amide bonds. The number of hydrogen-bond acceptors (Lipinski definition) is 4. The molecule has 3 rings (SSSR count). The van der Waals surface area contributed by atoms with Gasteiger partial charge < -0.3 is 19.1 Å². The zero-order valence-corrected chi connectivity index (χ0v) is 14.4. The molecule has 1 aliphatic rings. The topological polar surface area (TPSA) is 48.0 Å². The molecule has 0 spiro atoms. The summed E-state index contributed by atoms with van der Waals surface area (Å²) in [6, 6.07) is 13.3. The number of benzene rings is 2. The summed E-state index contributed by atoms with van der Waals surface area (Å²) in [5.41, 5.74) is 1.86.